The Morgan fingerprint density at radius 1 is 1.28 bits per heavy atom. The van der Waals surface area contributed by atoms with Crippen molar-refractivity contribution >= 4 is 18.0 Å². The molecule has 1 aromatic heterocycles. The van der Waals surface area contributed by atoms with Crippen LogP contribution >= 0.6 is 0 Å². The molecule has 0 radical (unpaired) electrons. The lowest BCUT2D eigenvalue weighted by Crippen LogP contribution is -2.69. The van der Waals surface area contributed by atoms with Crippen molar-refractivity contribution < 1.29 is 23.5 Å². The molecule has 2 bridgehead atoms. The molecule has 2 aromatic rings. The van der Waals surface area contributed by atoms with Gasteiger partial charge in [-0.1, -0.05) is 19.9 Å². The molecule has 2 fully saturated rings. The predicted molar refractivity (Wildman–Crippen MR) is 149 cm³/mol. The minimum atomic E-state index is -0.311. The van der Waals surface area contributed by atoms with Crippen molar-refractivity contribution in [1.82, 2.24) is 9.80 Å². The van der Waals surface area contributed by atoms with E-state index in [0.29, 0.717) is 30.2 Å². The second-order valence-electron chi connectivity index (χ2n) is 11.9. The van der Waals surface area contributed by atoms with Gasteiger partial charge in [0.05, 0.1) is 18.6 Å². The van der Waals surface area contributed by atoms with Crippen LogP contribution in [0.3, 0.4) is 0 Å². The van der Waals surface area contributed by atoms with Gasteiger partial charge in [0.25, 0.3) is 0 Å². The van der Waals surface area contributed by atoms with Gasteiger partial charge in [-0.3, -0.25) is 14.5 Å². The topological polar surface area (TPSA) is 72.2 Å². The van der Waals surface area contributed by atoms with Gasteiger partial charge >= 0.3 is 5.97 Å². The first-order chi connectivity index (χ1) is 18.8. The van der Waals surface area contributed by atoms with E-state index in [1.807, 2.05) is 30.4 Å². The Labute approximate surface area is 230 Å². The first-order valence-corrected chi connectivity index (χ1v) is 14.2. The SMILES string of the molecule is C=CCN1CC[C@@]23c4c5ccc(OC(C)=O)c4C[C@@H]1[C@@H]2CC[C@H](N(CC(C)C)C(=O)/C=C/c1ccoc1)[C@@H]3O5. The monoisotopic (exact) mass is 530 g/mol. The number of piperidine rings is 1. The van der Waals surface area contributed by atoms with Gasteiger partial charge in [0.2, 0.25) is 5.91 Å². The molecular weight excluding hydrogens is 492 g/mol. The normalized spacial score (nSPS) is 28.7. The van der Waals surface area contributed by atoms with Crippen molar-refractivity contribution in [3.63, 3.8) is 0 Å². The Kier molecular flexibility index (Phi) is 6.66. The van der Waals surface area contributed by atoms with E-state index in [2.05, 4.69) is 30.2 Å². The minimum Gasteiger partial charge on any atom is -0.487 e. The Morgan fingerprint density at radius 2 is 2.13 bits per heavy atom. The number of esters is 1. The molecular formula is C32H38N2O5. The molecule has 3 heterocycles. The molecule has 5 atom stereocenters. The Balaban J connectivity index is 1.42. The standard InChI is InChI=1S/C32H38N2O5/c1-5-14-33-15-13-32-24-7-8-25(34(18-20(2)3)29(36)11-6-22-12-16-37-19-22)31(32)39-28-10-9-27(38-21(4)35)23(30(28)32)17-26(24)33/h5-6,9-12,16,19-20,24-26,31H,1,7-8,13-15,17-18H2,2-4H3/b11-6+/t24-,25-,26+,31-,32-/m0/s1. The number of benzene rings is 1. The van der Waals surface area contributed by atoms with Crippen LogP contribution in [0, 0.1) is 11.8 Å². The van der Waals surface area contributed by atoms with Crippen molar-refractivity contribution in [3.05, 3.63) is 66.1 Å². The van der Waals surface area contributed by atoms with E-state index in [0.717, 1.165) is 55.6 Å². The molecule has 0 unspecified atom stereocenters. The summed E-state index contributed by atoms with van der Waals surface area (Å²) in [6.07, 6.45) is 12.3. The summed E-state index contributed by atoms with van der Waals surface area (Å²) in [7, 11) is 0. The lowest BCUT2D eigenvalue weighted by Gasteiger charge is -2.60. The fourth-order valence-corrected chi connectivity index (χ4v) is 7.98. The highest BCUT2D eigenvalue weighted by atomic mass is 16.5. The zero-order chi connectivity index (χ0) is 27.3. The van der Waals surface area contributed by atoms with E-state index in [1.54, 1.807) is 18.6 Å². The van der Waals surface area contributed by atoms with Crippen LogP contribution in [0.5, 0.6) is 11.5 Å². The molecule has 1 amide bonds. The van der Waals surface area contributed by atoms with Crippen molar-refractivity contribution in [2.24, 2.45) is 11.8 Å². The van der Waals surface area contributed by atoms with Crippen LogP contribution in [0.25, 0.3) is 6.08 Å². The van der Waals surface area contributed by atoms with Gasteiger partial charge in [0.1, 0.15) is 17.6 Å². The van der Waals surface area contributed by atoms with Crippen molar-refractivity contribution in [3.8, 4) is 11.5 Å². The van der Waals surface area contributed by atoms with Gasteiger partial charge in [0, 0.05) is 54.2 Å². The maximum atomic E-state index is 13.8. The second kappa shape index (κ2) is 10.0. The zero-order valence-electron chi connectivity index (χ0n) is 23.1. The summed E-state index contributed by atoms with van der Waals surface area (Å²) in [6.45, 7) is 12.2. The minimum absolute atomic E-state index is 0.00147. The average Bonchev–Trinajstić information content (AvgIpc) is 3.53. The molecule has 39 heavy (non-hydrogen) atoms. The maximum absolute atomic E-state index is 13.8. The quantitative estimate of drug-likeness (QED) is 0.207. The van der Waals surface area contributed by atoms with Gasteiger partial charge in [0.15, 0.2) is 0 Å². The van der Waals surface area contributed by atoms with E-state index < -0.39 is 0 Å². The molecule has 7 nitrogen and oxygen atoms in total. The number of rotatable bonds is 8. The zero-order valence-corrected chi connectivity index (χ0v) is 23.1. The molecule has 6 rings (SSSR count). The highest BCUT2D eigenvalue weighted by molar-refractivity contribution is 5.92. The summed E-state index contributed by atoms with van der Waals surface area (Å²) in [5.74, 6) is 1.95. The second-order valence-corrected chi connectivity index (χ2v) is 11.9. The van der Waals surface area contributed by atoms with Crippen molar-refractivity contribution in [1.29, 1.82) is 0 Å². The summed E-state index contributed by atoms with van der Waals surface area (Å²) in [5, 5.41) is 0. The third kappa shape index (κ3) is 4.22. The van der Waals surface area contributed by atoms with Crippen LogP contribution in [0.15, 0.2) is 53.9 Å². The summed E-state index contributed by atoms with van der Waals surface area (Å²) in [4.78, 5) is 30.4. The fourth-order valence-electron chi connectivity index (χ4n) is 7.98. The Hall–Kier alpha value is -3.32. The number of nitrogens with zero attached hydrogens (tertiary/aromatic N) is 2. The molecule has 1 spiro atoms. The third-order valence-electron chi connectivity index (χ3n) is 9.23. The van der Waals surface area contributed by atoms with Crippen LogP contribution in [-0.4, -0.2) is 59.5 Å². The number of carbonyl (C=O) groups excluding carboxylic acids is 2. The fraction of sp³-hybridized carbons (Fsp3) is 0.500. The third-order valence-corrected chi connectivity index (χ3v) is 9.23. The van der Waals surface area contributed by atoms with E-state index in [1.165, 1.54) is 12.5 Å². The highest BCUT2D eigenvalue weighted by Crippen LogP contribution is 2.63. The highest BCUT2D eigenvalue weighted by Gasteiger charge is 2.66. The van der Waals surface area contributed by atoms with E-state index in [9.17, 15) is 9.59 Å². The number of amides is 1. The van der Waals surface area contributed by atoms with Crippen LogP contribution in [0.1, 0.15) is 56.7 Å². The molecule has 2 aliphatic heterocycles. The van der Waals surface area contributed by atoms with Crippen LogP contribution in [-0.2, 0) is 21.4 Å². The van der Waals surface area contributed by atoms with Crippen molar-refractivity contribution in [2.45, 2.75) is 70.1 Å². The van der Waals surface area contributed by atoms with Crippen LogP contribution < -0.4 is 9.47 Å². The summed E-state index contributed by atoms with van der Waals surface area (Å²) in [6, 6.07) is 5.97. The maximum Gasteiger partial charge on any atom is 0.308 e. The summed E-state index contributed by atoms with van der Waals surface area (Å²) in [5.41, 5.74) is 2.98. The smallest absolute Gasteiger partial charge is 0.308 e. The molecule has 7 heteroatoms. The molecule has 1 saturated carbocycles. The summed E-state index contributed by atoms with van der Waals surface area (Å²) >= 11 is 0. The number of furan rings is 1. The number of ether oxygens (including phenoxy) is 2. The lowest BCUT2D eigenvalue weighted by atomic mass is 9.50. The van der Waals surface area contributed by atoms with Crippen molar-refractivity contribution in [2.75, 3.05) is 19.6 Å². The van der Waals surface area contributed by atoms with Crippen LogP contribution in [0.4, 0.5) is 0 Å². The van der Waals surface area contributed by atoms with Gasteiger partial charge in [-0.15, -0.1) is 6.58 Å². The Morgan fingerprint density at radius 3 is 2.85 bits per heavy atom. The van der Waals surface area contributed by atoms with Crippen LogP contribution in [0.2, 0.25) is 0 Å². The largest absolute Gasteiger partial charge is 0.487 e. The van der Waals surface area contributed by atoms with Gasteiger partial charge in [-0.05, 0) is 68.3 Å². The number of hydrogen-bond donors (Lipinski definition) is 0. The number of carbonyl (C=O) groups is 2. The number of likely N-dealkylation sites (tertiary alicyclic amines) is 1. The average molecular weight is 531 g/mol. The number of hydrogen-bond acceptors (Lipinski definition) is 6. The summed E-state index contributed by atoms with van der Waals surface area (Å²) < 4.78 is 17.8. The first-order valence-electron chi connectivity index (χ1n) is 14.2. The Bertz CT molecular complexity index is 1300. The van der Waals surface area contributed by atoms with Gasteiger partial charge < -0.3 is 18.8 Å². The van der Waals surface area contributed by atoms with Gasteiger partial charge in [-0.25, -0.2) is 0 Å². The molecule has 1 saturated heterocycles. The molecule has 4 aliphatic rings. The molecule has 206 valence electrons. The van der Waals surface area contributed by atoms with E-state index in [4.69, 9.17) is 13.9 Å². The van der Waals surface area contributed by atoms with E-state index in [-0.39, 0.29) is 29.4 Å². The van der Waals surface area contributed by atoms with E-state index >= 15 is 0 Å². The predicted octanol–water partition coefficient (Wildman–Crippen LogP) is 5.00. The van der Waals surface area contributed by atoms with Gasteiger partial charge in [-0.2, -0.15) is 0 Å². The molecule has 2 aliphatic carbocycles. The first kappa shape index (κ1) is 25.9. The molecule has 0 N–H and O–H groups in total. The lowest BCUT2D eigenvalue weighted by molar-refractivity contribution is -0.138. The molecule has 1 aromatic carbocycles.